The van der Waals surface area contributed by atoms with Crippen molar-refractivity contribution < 1.29 is 9.53 Å². The molecule has 1 fully saturated rings. The number of aryl methyl sites for hydroxylation is 1. The second-order valence-electron chi connectivity index (χ2n) is 5.62. The second-order valence-corrected chi connectivity index (χ2v) is 5.62. The van der Waals surface area contributed by atoms with E-state index in [-0.39, 0.29) is 11.9 Å². The quantitative estimate of drug-likeness (QED) is 0.881. The number of ether oxygens (including phenoxy) is 1. The van der Waals surface area contributed by atoms with Crippen molar-refractivity contribution >= 4 is 11.9 Å². The summed E-state index contributed by atoms with van der Waals surface area (Å²) in [6, 6.07) is 3.16. The Balaban J connectivity index is 1.68. The van der Waals surface area contributed by atoms with Gasteiger partial charge < -0.3 is 15.0 Å². The normalized spacial score (nSPS) is 17.7. The van der Waals surface area contributed by atoms with Crippen LogP contribution in [0.3, 0.4) is 0 Å². The smallest absolute Gasteiger partial charge is 0.245 e. The molecule has 1 saturated heterocycles. The highest BCUT2D eigenvalue weighted by Crippen LogP contribution is 2.18. The van der Waals surface area contributed by atoms with Crippen LogP contribution in [0.15, 0.2) is 24.5 Å². The van der Waals surface area contributed by atoms with E-state index in [1.54, 1.807) is 25.6 Å². The Labute approximate surface area is 140 Å². The summed E-state index contributed by atoms with van der Waals surface area (Å²) < 4.78 is 5.08. The molecule has 8 nitrogen and oxygen atoms in total. The molecule has 1 amide bonds. The Bertz CT molecular complexity index is 723. The molecule has 2 aromatic heterocycles. The van der Waals surface area contributed by atoms with Crippen molar-refractivity contribution in [2.24, 2.45) is 0 Å². The number of nitrogens with one attached hydrogen (secondary N) is 1. The molecular weight excluding hydrogens is 308 g/mol. The number of hydrogen-bond acceptors (Lipinski definition) is 7. The van der Waals surface area contributed by atoms with Crippen molar-refractivity contribution in [3.63, 3.8) is 0 Å². The minimum Gasteiger partial charge on any atom is -0.481 e. The van der Waals surface area contributed by atoms with E-state index in [0.717, 1.165) is 25.1 Å². The van der Waals surface area contributed by atoms with Gasteiger partial charge >= 0.3 is 0 Å². The first kappa shape index (κ1) is 16.1. The summed E-state index contributed by atoms with van der Waals surface area (Å²) in [5.74, 6) is 1.59. The van der Waals surface area contributed by atoms with Crippen LogP contribution in [0.25, 0.3) is 0 Å². The van der Waals surface area contributed by atoms with E-state index < -0.39 is 0 Å². The van der Waals surface area contributed by atoms with Crippen LogP contribution >= 0.6 is 0 Å². The zero-order valence-electron chi connectivity index (χ0n) is 13.8. The Kier molecular flexibility index (Phi) is 4.83. The molecule has 1 N–H and O–H groups in total. The maximum Gasteiger partial charge on any atom is 0.245 e. The largest absolute Gasteiger partial charge is 0.481 e. The fraction of sp³-hybridized carbons (Fsp3) is 0.438. The van der Waals surface area contributed by atoms with Crippen molar-refractivity contribution in [3.05, 3.63) is 36.0 Å². The summed E-state index contributed by atoms with van der Waals surface area (Å²) in [4.78, 5) is 31.3. The minimum absolute atomic E-state index is 0.0314. The lowest BCUT2D eigenvalue weighted by Gasteiger charge is -2.32. The molecule has 0 radical (unpaired) electrons. The maximum atomic E-state index is 12.7. The Morgan fingerprint density at radius 2 is 2.12 bits per heavy atom. The van der Waals surface area contributed by atoms with Crippen LogP contribution in [0.4, 0.5) is 5.95 Å². The number of carbonyl (C=O) groups is 1. The topological polar surface area (TPSA) is 93.1 Å². The summed E-state index contributed by atoms with van der Waals surface area (Å²) in [5.41, 5.74) is 0.842. The lowest BCUT2D eigenvalue weighted by molar-refractivity contribution is -0.135. The number of aromatic nitrogens is 4. The molecule has 24 heavy (non-hydrogen) atoms. The number of rotatable bonds is 5. The molecule has 0 aromatic carbocycles. The molecule has 3 rings (SSSR count). The number of carbonyl (C=O) groups excluding carboxylic acids is 1. The summed E-state index contributed by atoms with van der Waals surface area (Å²) in [6.07, 6.45) is 4.98. The van der Waals surface area contributed by atoms with E-state index in [4.69, 9.17) is 4.74 Å². The van der Waals surface area contributed by atoms with Crippen molar-refractivity contribution in [1.82, 2.24) is 24.8 Å². The highest BCUT2D eigenvalue weighted by molar-refractivity contribution is 5.84. The van der Waals surface area contributed by atoms with Gasteiger partial charge in [-0.15, -0.1) is 0 Å². The van der Waals surface area contributed by atoms with E-state index >= 15 is 0 Å². The fourth-order valence-electron chi connectivity index (χ4n) is 2.70. The van der Waals surface area contributed by atoms with Crippen LogP contribution < -0.4 is 10.1 Å². The molecule has 2 aromatic rings. The first-order valence-electron chi connectivity index (χ1n) is 7.86. The number of piperidine rings is 1. The van der Waals surface area contributed by atoms with Crippen LogP contribution in [-0.4, -0.2) is 50.4 Å². The third kappa shape index (κ3) is 3.76. The molecule has 0 aliphatic carbocycles. The van der Waals surface area contributed by atoms with Crippen LogP contribution in [0.2, 0.25) is 0 Å². The van der Waals surface area contributed by atoms with Crippen molar-refractivity contribution in [3.8, 4) is 5.88 Å². The maximum absolute atomic E-state index is 12.7. The van der Waals surface area contributed by atoms with Crippen LogP contribution in [0.1, 0.15) is 24.4 Å². The van der Waals surface area contributed by atoms with Crippen molar-refractivity contribution in [2.75, 3.05) is 19.0 Å². The van der Waals surface area contributed by atoms with Gasteiger partial charge in [-0.05, 0) is 25.8 Å². The van der Waals surface area contributed by atoms with E-state index in [0.29, 0.717) is 24.2 Å². The molecule has 1 aliphatic heterocycles. The third-order valence-electron chi connectivity index (χ3n) is 3.86. The standard InChI is InChI=1S/C16H20N6O2/c1-11-17-7-5-12(19-11)10-22-9-3-4-13(15(22)23)20-16-18-8-6-14(21-16)24-2/h5-8,13H,3-4,9-10H2,1-2H3,(H,18,20,21). The van der Waals surface area contributed by atoms with Gasteiger partial charge in [-0.2, -0.15) is 4.98 Å². The Hall–Kier alpha value is -2.77. The highest BCUT2D eigenvalue weighted by Gasteiger charge is 2.29. The lowest BCUT2D eigenvalue weighted by Crippen LogP contribution is -2.47. The molecular formula is C16H20N6O2. The van der Waals surface area contributed by atoms with Crippen LogP contribution in [-0.2, 0) is 11.3 Å². The molecule has 1 unspecified atom stereocenters. The highest BCUT2D eigenvalue weighted by atomic mass is 16.5. The first-order valence-corrected chi connectivity index (χ1v) is 7.86. The molecule has 8 heteroatoms. The van der Waals surface area contributed by atoms with Gasteiger partial charge in [0.2, 0.25) is 17.7 Å². The Morgan fingerprint density at radius 1 is 1.29 bits per heavy atom. The Morgan fingerprint density at radius 3 is 2.92 bits per heavy atom. The van der Waals surface area contributed by atoms with Gasteiger partial charge in [0.05, 0.1) is 19.3 Å². The summed E-state index contributed by atoms with van der Waals surface area (Å²) in [6.45, 7) is 3.05. The SMILES string of the molecule is COc1ccnc(NC2CCCN(Cc3ccnc(C)n3)C2=O)n1. The van der Waals surface area contributed by atoms with E-state index in [2.05, 4.69) is 25.3 Å². The third-order valence-corrected chi connectivity index (χ3v) is 3.86. The van der Waals surface area contributed by atoms with E-state index in [1.807, 2.05) is 17.9 Å². The molecule has 3 heterocycles. The summed E-state index contributed by atoms with van der Waals surface area (Å²) >= 11 is 0. The summed E-state index contributed by atoms with van der Waals surface area (Å²) in [7, 11) is 1.54. The van der Waals surface area contributed by atoms with Crippen molar-refractivity contribution in [2.45, 2.75) is 32.4 Å². The lowest BCUT2D eigenvalue weighted by atomic mass is 10.0. The molecule has 1 atom stereocenters. The zero-order valence-corrected chi connectivity index (χ0v) is 13.8. The van der Waals surface area contributed by atoms with Gasteiger partial charge in [0.1, 0.15) is 11.9 Å². The van der Waals surface area contributed by atoms with Gasteiger partial charge in [-0.25, -0.2) is 15.0 Å². The van der Waals surface area contributed by atoms with Gasteiger partial charge in [0.15, 0.2) is 0 Å². The van der Waals surface area contributed by atoms with E-state index in [1.165, 1.54) is 0 Å². The fourth-order valence-corrected chi connectivity index (χ4v) is 2.70. The number of amides is 1. The zero-order chi connectivity index (χ0) is 16.9. The summed E-state index contributed by atoms with van der Waals surface area (Å²) in [5, 5.41) is 3.11. The second kappa shape index (κ2) is 7.20. The van der Waals surface area contributed by atoms with E-state index in [9.17, 15) is 4.79 Å². The minimum atomic E-state index is -0.339. The molecule has 0 saturated carbocycles. The number of methoxy groups -OCH3 is 1. The van der Waals surface area contributed by atoms with Crippen LogP contribution in [0.5, 0.6) is 5.88 Å². The molecule has 0 spiro atoms. The van der Waals surface area contributed by atoms with Gasteiger partial charge in [-0.3, -0.25) is 4.79 Å². The average molecular weight is 328 g/mol. The number of nitrogens with zero attached hydrogens (tertiary/aromatic N) is 5. The van der Waals surface area contributed by atoms with Gasteiger partial charge in [-0.1, -0.05) is 0 Å². The monoisotopic (exact) mass is 328 g/mol. The van der Waals surface area contributed by atoms with Crippen LogP contribution in [0, 0.1) is 6.92 Å². The molecule has 1 aliphatic rings. The average Bonchev–Trinajstić information content (AvgIpc) is 2.59. The first-order chi connectivity index (χ1) is 11.7. The van der Waals surface area contributed by atoms with Gasteiger partial charge in [0.25, 0.3) is 0 Å². The molecule has 0 bridgehead atoms. The number of hydrogen-bond donors (Lipinski definition) is 1. The number of likely N-dealkylation sites (tertiary alicyclic amines) is 1. The number of anilines is 1. The predicted molar refractivity (Wildman–Crippen MR) is 87.4 cm³/mol. The van der Waals surface area contributed by atoms with Crippen molar-refractivity contribution in [1.29, 1.82) is 0 Å². The predicted octanol–water partition coefficient (Wildman–Crippen LogP) is 1.19. The van der Waals surface area contributed by atoms with Gasteiger partial charge in [0, 0.05) is 25.0 Å². The molecule has 126 valence electrons.